The van der Waals surface area contributed by atoms with E-state index in [-0.39, 0.29) is 17.4 Å². The van der Waals surface area contributed by atoms with Crippen LogP contribution in [-0.2, 0) is 21.6 Å². The molecule has 5 aromatic rings. The fraction of sp³-hybridized carbons (Fsp3) is 0.300. The number of fused-ring (bicyclic) bond motifs is 2. The fourth-order valence-electron chi connectivity index (χ4n) is 6.04. The number of nitrogens with one attached hydrogen (secondary N) is 1. The smallest absolute Gasteiger partial charge is 0.272 e. The van der Waals surface area contributed by atoms with E-state index in [1.807, 2.05) is 48.1 Å². The molecule has 1 fully saturated rings. The van der Waals surface area contributed by atoms with Gasteiger partial charge in [-0.15, -0.1) is 0 Å². The molecule has 0 spiro atoms. The van der Waals surface area contributed by atoms with E-state index in [2.05, 4.69) is 33.8 Å². The summed E-state index contributed by atoms with van der Waals surface area (Å²) in [6.07, 6.45) is 5.45. The lowest BCUT2D eigenvalue weighted by Gasteiger charge is -2.34. The van der Waals surface area contributed by atoms with E-state index in [1.54, 1.807) is 19.2 Å². The van der Waals surface area contributed by atoms with E-state index in [4.69, 9.17) is 4.74 Å². The van der Waals surface area contributed by atoms with Crippen LogP contribution in [0.3, 0.4) is 0 Å². The number of hydrogen-bond acceptors (Lipinski definition) is 4. The number of aromatic amines is 1. The summed E-state index contributed by atoms with van der Waals surface area (Å²) in [5.41, 5.74) is 4.27. The first-order valence-corrected chi connectivity index (χ1v) is 14.7. The highest BCUT2D eigenvalue weighted by molar-refractivity contribution is 7.91. The first-order valence-electron chi connectivity index (χ1n) is 13.1. The van der Waals surface area contributed by atoms with Gasteiger partial charge in [0.25, 0.3) is 5.56 Å². The number of nitrogens with zero attached hydrogens (tertiary/aromatic N) is 2. The van der Waals surface area contributed by atoms with E-state index in [0.717, 1.165) is 35.0 Å². The third-order valence-electron chi connectivity index (χ3n) is 7.87. The Morgan fingerprint density at radius 3 is 2.53 bits per heavy atom. The molecule has 0 radical (unpaired) electrons. The number of rotatable bonds is 6. The van der Waals surface area contributed by atoms with Crippen LogP contribution in [0.5, 0.6) is 0 Å². The zero-order valence-corrected chi connectivity index (χ0v) is 22.4. The van der Waals surface area contributed by atoms with Crippen LogP contribution in [0.1, 0.15) is 31.4 Å². The molecule has 1 aliphatic heterocycles. The number of ether oxygens (including phenoxy) is 1. The van der Waals surface area contributed by atoms with Crippen LogP contribution in [0.25, 0.3) is 33.1 Å². The second-order valence-electron chi connectivity index (χ2n) is 10.0. The highest BCUT2D eigenvalue weighted by Crippen LogP contribution is 2.43. The van der Waals surface area contributed by atoms with E-state index < -0.39 is 9.84 Å². The minimum absolute atomic E-state index is 0.0261. The Balaban J connectivity index is 1.73. The van der Waals surface area contributed by atoms with Crippen LogP contribution < -0.4 is 5.56 Å². The minimum Gasteiger partial charge on any atom is -0.381 e. The summed E-state index contributed by atoms with van der Waals surface area (Å²) in [5, 5.41) is 1.54. The van der Waals surface area contributed by atoms with Crippen molar-refractivity contribution in [3.63, 3.8) is 0 Å². The molecule has 0 bridgehead atoms. The van der Waals surface area contributed by atoms with Crippen molar-refractivity contribution in [3.8, 4) is 11.3 Å². The third kappa shape index (κ3) is 3.99. The Morgan fingerprint density at radius 1 is 1.03 bits per heavy atom. The molecule has 6 rings (SSSR count). The lowest BCUT2D eigenvalue weighted by Crippen LogP contribution is -2.27. The summed E-state index contributed by atoms with van der Waals surface area (Å²) in [4.78, 5) is 15.9. The van der Waals surface area contributed by atoms with Crippen molar-refractivity contribution in [1.29, 1.82) is 0 Å². The minimum atomic E-state index is -3.46. The SMILES string of the molecule is CCS(=O)(=O)c1cccc2c1cc(-c1cn(C)c3c(=O)[nH]ccc13)n2[C@@H](c1ccccc1)C1CCOCC1. The quantitative estimate of drug-likeness (QED) is 0.324. The number of hydrogen-bond donors (Lipinski definition) is 1. The molecule has 2 aromatic carbocycles. The molecule has 1 saturated heterocycles. The summed E-state index contributed by atoms with van der Waals surface area (Å²) >= 11 is 0. The predicted molar refractivity (Wildman–Crippen MR) is 150 cm³/mol. The summed E-state index contributed by atoms with van der Waals surface area (Å²) < 4.78 is 36.3. The maximum atomic E-state index is 13.2. The van der Waals surface area contributed by atoms with Crippen molar-refractivity contribution in [2.45, 2.75) is 30.7 Å². The summed E-state index contributed by atoms with van der Waals surface area (Å²) in [7, 11) is -1.59. The number of pyridine rings is 1. The monoisotopic (exact) mass is 529 g/mol. The normalized spacial score (nSPS) is 15.8. The van der Waals surface area contributed by atoms with Crippen LogP contribution in [0.4, 0.5) is 0 Å². The second kappa shape index (κ2) is 9.60. The van der Waals surface area contributed by atoms with E-state index >= 15 is 0 Å². The van der Waals surface area contributed by atoms with Crippen LogP contribution in [-0.4, -0.2) is 41.5 Å². The Labute approximate surface area is 221 Å². The van der Waals surface area contributed by atoms with E-state index in [9.17, 15) is 13.2 Å². The number of sulfone groups is 1. The van der Waals surface area contributed by atoms with Gasteiger partial charge in [0, 0.05) is 49.0 Å². The lowest BCUT2D eigenvalue weighted by molar-refractivity contribution is 0.0550. The highest BCUT2D eigenvalue weighted by atomic mass is 32.2. The van der Waals surface area contributed by atoms with Crippen molar-refractivity contribution in [3.05, 3.63) is 89.0 Å². The van der Waals surface area contributed by atoms with Crippen molar-refractivity contribution >= 4 is 31.6 Å². The molecule has 1 N–H and O–H groups in total. The molecular weight excluding hydrogens is 498 g/mol. The molecule has 3 aromatic heterocycles. The lowest BCUT2D eigenvalue weighted by atomic mass is 9.86. The predicted octanol–water partition coefficient (Wildman–Crippen LogP) is 5.30. The Morgan fingerprint density at radius 2 is 1.79 bits per heavy atom. The van der Waals surface area contributed by atoms with Crippen molar-refractivity contribution in [2.24, 2.45) is 13.0 Å². The molecule has 1 aliphatic rings. The van der Waals surface area contributed by atoms with Gasteiger partial charge in [-0.25, -0.2) is 8.42 Å². The molecule has 4 heterocycles. The zero-order chi connectivity index (χ0) is 26.4. The van der Waals surface area contributed by atoms with Gasteiger partial charge in [0.05, 0.1) is 27.9 Å². The molecule has 1 atom stereocenters. The van der Waals surface area contributed by atoms with Crippen molar-refractivity contribution in [1.82, 2.24) is 14.1 Å². The zero-order valence-electron chi connectivity index (χ0n) is 21.6. The number of aromatic nitrogens is 3. The van der Waals surface area contributed by atoms with Crippen LogP contribution in [0.2, 0.25) is 0 Å². The van der Waals surface area contributed by atoms with E-state index in [0.29, 0.717) is 34.9 Å². The maximum Gasteiger partial charge on any atom is 0.272 e. The first-order chi connectivity index (χ1) is 18.4. The average Bonchev–Trinajstić information content (AvgIpc) is 3.48. The topological polar surface area (TPSA) is 86.1 Å². The summed E-state index contributed by atoms with van der Waals surface area (Å²) in [6.45, 7) is 3.07. The summed E-state index contributed by atoms with van der Waals surface area (Å²) in [6, 6.07) is 19.9. The molecule has 38 heavy (non-hydrogen) atoms. The van der Waals surface area contributed by atoms with E-state index in [1.165, 1.54) is 5.56 Å². The molecule has 8 heteroatoms. The Bertz CT molecular complexity index is 1790. The van der Waals surface area contributed by atoms with Crippen LogP contribution >= 0.6 is 0 Å². The number of H-pyrrole nitrogens is 1. The molecule has 7 nitrogen and oxygen atoms in total. The van der Waals surface area contributed by atoms with Gasteiger partial charge >= 0.3 is 0 Å². The van der Waals surface area contributed by atoms with Crippen molar-refractivity contribution < 1.29 is 13.2 Å². The molecule has 196 valence electrons. The van der Waals surface area contributed by atoms with Gasteiger partial charge in [-0.05, 0) is 48.6 Å². The van der Waals surface area contributed by atoms with Gasteiger partial charge in [-0.1, -0.05) is 43.3 Å². The van der Waals surface area contributed by atoms with Gasteiger partial charge in [0.1, 0.15) is 5.52 Å². The molecular formula is C30H31N3O4S. The first kappa shape index (κ1) is 24.7. The largest absolute Gasteiger partial charge is 0.381 e. The second-order valence-corrected chi connectivity index (χ2v) is 12.3. The van der Waals surface area contributed by atoms with Gasteiger partial charge in [0.2, 0.25) is 0 Å². The van der Waals surface area contributed by atoms with Crippen LogP contribution in [0, 0.1) is 5.92 Å². The van der Waals surface area contributed by atoms with Crippen molar-refractivity contribution in [2.75, 3.05) is 19.0 Å². The van der Waals surface area contributed by atoms with Gasteiger partial charge < -0.3 is 18.9 Å². The van der Waals surface area contributed by atoms with Crippen LogP contribution in [0.15, 0.2) is 82.7 Å². The Kier molecular flexibility index (Phi) is 6.24. The number of benzene rings is 2. The summed E-state index contributed by atoms with van der Waals surface area (Å²) in [5.74, 6) is 0.323. The Hall–Kier alpha value is -3.62. The average molecular weight is 530 g/mol. The standard InChI is InChI=1S/C30H31N3O4S/c1-3-38(35,36)27-11-7-10-25-23(27)18-26(24-19-32(2)29-22(24)12-15-31-30(29)34)33(25)28(20-8-5-4-6-9-20)21-13-16-37-17-14-21/h4-12,15,18-19,21,28H,3,13-14,16-17H2,1-2H3,(H,31,34)/t28-/m0/s1. The maximum absolute atomic E-state index is 13.2. The molecule has 0 saturated carbocycles. The molecule has 0 aliphatic carbocycles. The molecule has 0 unspecified atom stereocenters. The van der Waals surface area contributed by atoms with Gasteiger partial charge in [-0.3, -0.25) is 4.79 Å². The number of aryl methyl sites for hydroxylation is 1. The third-order valence-corrected chi connectivity index (χ3v) is 9.65. The molecule has 0 amide bonds. The fourth-order valence-corrected chi connectivity index (χ4v) is 7.14. The van der Waals surface area contributed by atoms with Gasteiger partial charge in [0.15, 0.2) is 9.84 Å². The highest BCUT2D eigenvalue weighted by Gasteiger charge is 2.32. The van der Waals surface area contributed by atoms with Gasteiger partial charge in [-0.2, -0.15) is 0 Å².